The molecule has 0 fully saturated rings. The van der Waals surface area contributed by atoms with Crippen LogP contribution < -0.4 is 14.8 Å². The smallest absolute Gasteiger partial charge is 0.123 e. The van der Waals surface area contributed by atoms with Gasteiger partial charge in [0, 0.05) is 30.1 Å². The number of rotatable bonds is 8. The second-order valence-electron chi connectivity index (χ2n) is 5.36. The van der Waals surface area contributed by atoms with Crippen LogP contribution in [-0.2, 0) is 6.54 Å². The number of aromatic nitrogens is 1. The maximum atomic E-state index is 13.0. The van der Waals surface area contributed by atoms with Gasteiger partial charge in [-0.15, -0.1) is 11.3 Å². The van der Waals surface area contributed by atoms with Crippen LogP contribution in [0.25, 0.3) is 10.6 Å². The zero-order chi connectivity index (χ0) is 17.5. The minimum atomic E-state index is -0.238. The van der Waals surface area contributed by atoms with Crippen LogP contribution in [0, 0.1) is 5.82 Å². The molecule has 1 aromatic heterocycles. The number of ether oxygens (including phenoxy) is 2. The fourth-order valence-electron chi connectivity index (χ4n) is 2.26. The van der Waals surface area contributed by atoms with Gasteiger partial charge in [-0.1, -0.05) is 6.07 Å². The van der Waals surface area contributed by atoms with Crippen LogP contribution >= 0.6 is 11.3 Å². The lowest BCUT2D eigenvalue weighted by molar-refractivity contribution is 0.311. The molecule has 0 spiro atoms. The van der Waals surface area contributed by atoms with Crippen LogP contribution in [-0.4, -0.2) is 25.2 Å². The minimum Gasteiger partial charge on any atom is -0.497 e. The number of methoxy groups -OCH3 is 1. The molecule has 0 radical (unpaired) electrons. The summed E-state index contributed by atoms with van der Waals surface area (Å²) in [6.07, 6.45) is 0. The Balaban J connectivity index is 1.43. The lowest BCUT2D eigenvalue weighted by atomic mass is 10.2. The van der Waals surface area contributed by atoms with Gasteiger partial charge in [-0.3, -0.25) is 0 Å². The highest BCUT2D eigenvalue weighted by atomic mass is 32.1. The van der Waals surface area contributed by atoms with E-state index in [1.807, 2.05) is 29.6 Å². The Hall–Kier alpha value is -2.44. The van der Waals surface area contributed by atoms with Crippen molar-refractivity contribution in [3.8, 4) is 22.1 Å². The first-order valence-corrected chi connectivity index (χ1v) is 8.80. The molecule has 0 aliphatic carbocycles. The molecule has 0 aliphatic heterocycles. The summed E-state index contributed by atoms with van der Waals surface area (Å²) in [7, 11) is 1.63. The van der Waals surface area contributed by atoms with Crippen molar-refractivity contribution >= 4 is 11.3 Å². The van der Waals surface area contributed by atoms with E-state index in [0.29, 0.717) is 19.7 Å². The SMILES string of the molecule is COc1cccc(OCCNCc2csc(-c3ccc(F)cc3)n2)c1. The largest absolute Gasteiger partial charge is 0.497 e. The Bertz CT molecular complexity index is 805. The third kappa shape index (κ3) is 5.01. The molecule has 0 unspecified atom stereocenters. The van der Waals surface area contributed by atoms with Crippen molar-refractivity contribution in [3.63, 3.8) is 0 Å². The quantitative estimate of drug-likeness (QED) is 0.615. The Labute approximate surface area is 150 Å². The van der Waals surface area contributed by atoms with E-state index >= 15 is 0 Å². The topological polar surface area (TPSA) is 43.4 Å². The molecule has 1 N–H and O–H groups in total. The zero-order valence-electron chi connectivity index (χ0n) is 13.9. The molecule has 130 valence electrons. The van der Waals surface area contributed by atoms with E-state index in [-0.39, 0.29) is 5.82 Å². The van der Waals surface area contributed by atoms with Gasteiger partial charge in [-0.2, -0.15) is 0 Å². The highest BCUT2D eigenvalue weighted by molar-refractivity contribution is 7.13. The second kappa shape index (κ2) is 8.60. The van der Waals surface area contributed by atoms with Crippen molar-refractivity contribution in [2.45, 2.75) is 6.54 Å². The summed E-state index contributed by atoms with van der Waals surface area (Å²) in [6, 6.07) is 13.9. The van der Waals surface area contributed by atoms with Crippen molar-refractivity contribution in [1.29, 1.82) is 0 Å². The predicted molar refractivity (Wildman–Crippen MR) is 97.7 cm³/mol. The molecule has 2 aromatic carbocycles. The monoisotopic (exact) mass is 358 g/mol. The summed E-state index contributed by atoms with van der Waals surface area (Å²) in [4.78, 5) is 4.56. The van der Waals surface area contributed by atoms with Gasteiger partial charge in [-0.05, 0) is 36.4 Å². The van der Waals surface area contributed by atoms with Gasteiger partial charge in [0.15, 0.2) is 0 Å². The number of benzene rings is 2. The third-order valence-electron chi connectivity index (χ3n) is 3.54. The first-order chi connectivity index (χ1) is 12.2. The van der Waals surface area contributed by atoms with E-state index in [1.165, 1.54) is 12.1 Å². The van der Waals surface area contributed by atoms with Gasteiger partial charge in [0.2, 0.25) is 0 Å². The van der Waals surface area contributed by atoms with Gasteiger partial charge >= 0.3 is 0 Å². The van der Waals surface area contributed by atoms with E-state index in [2.05, 4.69) is 10.3 Å². The van der Waals surface area contributed by atoms with E-state index in [9.17, 15) is 4.39 Å². The Morgan fingerprint density at radius 3 is 2.72 bits per heavy atom. The fourth-order valence-corrected chi connectivity index (χ4v) is 3.09. The van der Waals surface area contributed by atoms with E-state index in [0.717, 1.165) is 27.8 Å². The molecule has 0 saturated carbocycles. The molecule has 3 aromatic rings. The lowest BCUT2D eigenvalue weighted by Gasteiger charge is -2.08. The minimum absolute atomic E-state index is 0.238. The zero-order valence-corrected chi connectivity index (χ0v) is 14.7. The molecular formula is C19H19FN2O2S. The van der Waals surface area contributed by atoms with Crippen molar-refractivity contribution in [3.05, 3.63) is 65.4 Å². The summed E-state index contributed by atoms with van der Waals surface area (Å²) in [5.41, 5.74) is 1.89. The van der Waals surface area contributed by atoms with E-state index in [1.54, 1.807) is 30.6 Å². The van der Waals surface area contributed by atoms with E-state index in [4.69, 9.17) is 9.47 Å². The van der Waals surface area contributed by atoms with Gasteiger partial charge in [-0.25, -0.2) is 9.37 Å². The maximum absolute atomic E-state index is 13.0. The fraction of sp³-hybridized carbons (Fsp3) is 0.211. The van der Waals surface area contributed by atoms with Crippen molar-refractivity contribution < 1.29 is 13.9 Å². The van der Waals surface area contributed by atoms with Crippen LogP contribution in [0.2, 0.25) is 0 Å². The normalized spacial score (nSPS) is 10.6. The van der Waals surface area contributed by atoms with Crippen molar-refractivity contribution in [1.82, 2.24) is 10.3 Å². The Kier molecular flexibility index (Phi) is 5.98. The molecule has 25 heavy (non-hydrogen) atoms. The second-order valence-corrected chi connectivity index (χ2v) is 6.21. The molecule has 0 atom stereocenters. The first kappa shape index (κ1) is 17.4. The van der Waals surface area contributed by atoms with Crippen molar-refractivity contribution in [2.75, 3.05) is 20.3 Å². The molecular weight excluding hydrogens is 339 g/mol. The number of hydrogen-bond donors (Lipinski definition) is 1. The van der Waals surface area contributed by atoms with Gasteiger partial charge < -0.3 is 14.8 Å². The summed E-state index contributed by atoms with van der Waals surface area (Å²) < 4.78 is 23.8. The molecule has 1 heterocycles. The predicted octanol–water partition coefficient (Wildman–Crippen LogP) is 4.13. The van der Waals surface area contributed by atoms with Crippen LogP contribution in [0.5, 0.6) is 11.5 Å². The molecule has 0 aliphatic rings. The van der Waals surface area contributed by atoms with Gasteiger partial charge in [0.25, 0.3) is 0 Å². The molecule has 0 bridgehead atoms. The van der Waals surface area contributed by atoms with Gasteiger partial charge in [0.1, 0.15) is 28.9 Å². The molecule has 6 heteroatoms. The average Bonchev–Trinajstić information content (AvgIpc) is 3.11. The summed E-state index contributed by atoms with van der Waals surface area (Å²) >= 11 is 1.55. The summed E-state index contributed by atoms with van der Waals surface area (Å²) in [5, 5.41) is 6.20. The number of nitrogens with zero attached hydrogens (tertiary/aromatic N) is 1. The maximum Gasteiger partial charge on any atom is 0.123 e. The van der Waals surface area contributed by atoms with Crippen molar-refractivity contribution in [2.24, 2.45) is 0 Å². The highest BCUT2D eigenvalue weighted by Gasteiger charge is 2.05. The molecule has 0 amide bonds. The lowest BCUT2D eigenvalue weighted by Crippen LogP contribution is -2.20. The number of thiazole rings is 1. The molecule has 3 rings (SSSR count). The Morgan fingerprint density at radius 2 is 1.92 bits per heavy atom. The van der Waals surface area contributed by atoms with Crippen LogP contribution in [0.15, 0.2) is 53.9 Å². The molecule has 0 saturated heterocycles. The highest BCUT2D eigenvalue weighted by Crippen LogP contribution is 2.23. The number of hydrogen-bond acceptors (Lipinski definition) is 5. The van der Waals surface area contributed by atoms with Crippen LogP contribution in [0.3, 0.4) is 0 Å². The van der Waals surface area contributed by atoms with Crippen LogP contribution in [0.4, 0.5) is 4.39 Å². The van der Waals surface area contributed by atoms with Gasteiger partial charge in [0.05, 0.1) is 12.8 Å². The van der Waals surface area contributed by atoms with Crippen LogP contribution in [0.1, 0.15) is 5.69 Å². The summed E-state index contributed by atoms with van der Waals surface area (Å²) in [6.45, 7) is 1.93. The molecule has 4 nitrogen and oxygen atoms in total. The number of nitrogens with one attached hydrogen (secondary N) is 1. The van der Waals surface area contributed by atoms with E-state index < -0.39 is 0 Å². The standard InChI is InChI=1S/C19H19FN2O2S/c1-23-17-3-2-4-18(11-17)24-10-9-21-12-16-13-25-19(22-16)14-5-7-15(20)8-6-14/h2-8,11,13,21H,9-10,12H2,1H3. The average molecular weight is 358 g/mol. The summed E-state index contributed by atoms with van der Waals surface area (Å²) in [5.74, 6) is 1.33. The third-order valence-corrected chi connectivity index (χ3v) is 4.48. The first-order valence-electron chi connectivity index (χ1n) is 7.92. The number of halogens is 1. The Morgan fingerprint density at radius 1 is 1.12 bits per heavy atom.